The second kappa shape index (κ2) is 5.91. The van der Waals surface area contributed by atoms with Crippen LogP contribution >= 0.6 is 11.6 Å². The number of nitrogens with one attached hydrogen (secondary N) is 1. The van der Waals surface area contributed by atoms with E-state index in [0.29, 0.717) is 31.8 Å². The van der Waals surface area contributed by atoms with Crippen molar-refractivity contribution in [3.05, 3.63) is 46.2 Å². The molecule has 2 rings (SSSR count). The lowest BCUT2D eigenvalue weighted by Crippen LogP contribution is -2.11. The summed E-state index contributed by atoms with van der Waals surface area (Å²) in [6, 6.07) is 6.87. The number of H-pyrrole nitrogens is 1. The van der Waals surface area contributed by atoms with E-state index >= 15 is 0 Å². The van der Waals surface area contributed by atoms with Gasteiger partial charge in [0.1, 0.15) is 5.56 Å². The van der Waals surface area contributed by atoms with Gasteiger partial charge in [-0.3, -0.25) is 0 Å². The Morgan fingerprint density at radius 1 is 1.30 bits per heavy atom. The number of hydrogen-bond acceptors (Lipinski definition) is 3. The van der Waals surface area contributed by atoms with Gasteiger partial charge in [-0.05, 0) is 26.0 Å². The minimum absolute atomic E-state index is 0.309. The second-order valence-corrected chi connectivity index (χ2v) is 6.06. The molecule has 0 spiro atoms. The van der Waals surface area contributed by atoms with Crippen molar-refractivity contribution in [1.82, 2.24) is 4.98 Å². The van der Waals surface area contributed by atoms with Gasteiger partial charge in [0.2, 0.25) is 0 Å². The molecule has 0 aliphatic rings. The summed E-state index contributed by atoms with van der Waals surface area (Å²) in [7, 11) is 1.30. The number of rotatable bonds is 3. The van der Waals surface area contributed by atoms with E-state index in [1.54, 1.807) is 38.1 Å². The maximum absolute atomic E-state index is 12.7. The number of aromatic amines is 1. The van der Waals surface area contributed by atoms with Gasteiger partial charge in [-0.1, -0.05) is 23.7 Å². The van der Waals surface area contributed by atoms with Crippen molar-refractivity contribution in [3.8, 4) is 0 Å². The third-order valence-corrected chi connectivity index (χ3v) is 5.01. The van der Waals surface area contributed by atoms with Crippen LogP contribution in [0.25, 0.3) is 0 Å². The molecule has 1 N–H and O–H groups in total. The zero-order valence-corrected chi connectivity index (χ0v) is 12.9. The van der Waals surface area contributed by atoms with E-state index in [0.717, 1.165) is 0 Å². The SMILES string of the molecule is COC(=O)c1c(C)[nH]c(C)c1[S+]([O-])c1ccccc1Cl. The van der Waals surface area contributed by atoms with Gasteiger partial charge in [0.25, 0.3) is 0 Å². The van der Waals surface area contributed by atoms with Crippen LogP contribution in [0.2, 0.25) is 5.02 Å². The fraction of sp³-hybridized carbons (Fsp3) is 0.214. The van der Waals surface area contributed by atoms with Crippen LogP contribution in [0.3, 0.4) is 0 Å². The molecule has 106 valence electrons. The van der Waals surface area contributed by atoms with Crippen LogP contribution in [-0.2, 0) is 15.9 Å². The first kappa shape index (κ1) is 15.0. The largest absolute Gasteiger partial charge is 0.606 e. The Bertz CT molecular complexity index is 654. The number of halogens is 1. The summed E-state index contributed by atoms with van der Waals surface area (Å²) in [4.78, 5) is 15.8. The Kier molecular flexibility index (Phi) is 4.42. The van der Waals surface area contributed by atoms with Gasteiger partial charge in [-0.2, -0.15) is 0 Å². The molecule has 0 saturated heterocycles. The minimum atomic E-state index is -1.55. The van der Waals surface area contributed by atoms with Crippen LogP contribution < -0.4 is 0 Å². The van der Waals surface area contributed by atoms with Gasteiger partial charge in [0.05, 0.1) is 17.8 Å². The van der Waals surface area contributed by atoms with E-state index in [1.807, 2.05) is 0 Å². The summed E-state index contributed by atoms with van der Waals surface area (Å²) in [6.07, 6.45) is 0. The van der Waals surface area contributed by atoms with E-state index in [-0.39, 0.29) is 0 Å². The standard InChI is InChI=1S/C14H14ClNO3S/c1-8-12(14(17)19-3)13(9(2)16-8)20(18)11-7-5-4-6-10(11)15/h4-7,16H,1-3H3. The molecule has 2 aromatic rings. The van der Waals surface area contributed by atoms with Crippen molar-refractivity contribution >= 4 is 28.7 Å². The highest BCUT2D eigenvalue weighted by atomic mass is 35.5. The summed E-state index contributed by atoms with van der Waals surface area (Å²) < 4.78 is 17.5. The van der Waals surface area contributed by atoms with E-state index < -0.39 is 17.1 Å². The fourth-order valence-electron chi connectivity index (χ4n) is 2.04. The maximum Gasteiger partial charge on any atom is 0.344 e. The first-order valence-electron chi connectivity index (χ1n) is 5.91. The smallest absolute Gasteiger partial charge is 0.344 e. The summed E-state index contributed by atoms with van der Waals surface area (Å²) in [5.41, 5.74) is 1.61. The summed E-state index contributed by atoms with van der Waals surface area (Å²) in [5, 5.41) is 0.403. The predicted molar refractivity (Wildman–Crippen MR) is 77.7 cm³/mol. The molecule has 0 saturated carbocycles. The Morgan fingerprint density at radius 2 is 1.95 bits per heavy atom. The summed E-state index contributed by atoms with van der Waals surface area (Å²) in [5.74, 6) is -0.512. The number of aromatic nitrogens is 1. The van der Waals surface area contributed by atoms with Crippen molar-refractivity contribution in [1.29, 1.82) is 0 Å². The highest BCUT2D eigenvalue weighted by molar-refractivity contribution is 7.91. The van der Waals surface area contributed by atoms with E-state index in [2.05, 4.69) is 4.98 Å². The number of aryl methyl sites for hydroxylation is 2. The van der Waals surface area contributed by atoms with Crippen molar-refractivity contribution in [2.24, 2.45) is 0 Å². The van der Waals surface area contributed by atoms with Crippen LogP contribution in [0.5, 0.6) is 0 Å². The molecule has 0 fully saturated rings. The van der Waals surface area contributed by atoms with E-state index in [9.17, 15) is 9.35 Å². The Balaban J connectivity index is 2.58. The van der Waals surface area contributed by atoms with Crippen molar-refractivity contribution in [2.45, 2.75) is 23.6 Å². The third kappa shape index (κ3) is 2.57. The van der Waals surface area contributed by atoms with Crippen LogP contribution in [0.15, 0.2) is 34.1 Å². The van der Waals surface area contributed by atoms with E-state index in [4.69, 9.17) is 16.3 Å². The highest BCUT2D eigenvalue weighted by Gasteiger charge is 2.31. The second-order valence-electron chi connectivity index (χ2n) is 4.27. The number of ether oxygens (including phenoxy) is 1. The first-order chi connectivity index (χ1) is 9.47. The molecule has 0 aliphatic carbocycles. The lowest BCUT2D eigenvalue weighted by Gasteiger charge is -2.12. The lowest BCUT2D eigenvalue weighted by atomic mass is 10.2. The number of carbonyl (C=O) groups excluding carboxylic acids is 1. The molecule has 0 bridgehead atoms. The van der Waals surface area contributed by atoms with Crippen molar-refractivity contribution in [2.75, 3.05) is 7.11 Å². The molecular weight excluding hydrogens is 298 g/mol. The molecule has 1 aromatic carbocycles. The van der Waals surface area contributed by atoms with Crippen LogP contribution in [-0.4, -0.2) is 22.6 Å². The molecule has 1 heterocycles. The molecule has 20 heavy (non-hydrogen) atoms. The quantitative estimate of drug-likeness (QED) is 0.699. The molecular formula is C14H14ClNO3S. The third-order valence-electron chi connectivity index (χ3n) is 2.93. The monoisotopic (exact) mass is 311 g/mol. The van der Waals surface area contributed by atoms with Crippen molar-refractivity contribution < 1.29 is 14.1 Å². The molecule has 6 heteroatoms. The zero-order chi connectivity index (χ0) is 14.9. The van der Waals surface area contributed by atoms with Gasteiger partial charge in [0.15, 0.2) is 9.79 Å². The predicted octanol–water partition coefficient (Wildman–Crippen LogP) is 3.24. The maximum atomic E-state index is 12.7. The van der Waals surface area contributed by atoms with E-state index in [1.165, 1.54) is 7.11 Å². The van der Waals surface area contributed by atoms with Gasteiger partial charge < -0.3 is 14.3 Å². The molecule has 0 radical (unpaired) electrons. The fourth-order valence-corrected chi connectivity index (χ4v) is 3.81. The number of benzene rings is 1. The normalized spacial score (nSPS) is 12.2. The van der Waals surface area contributed by atoms with Crippen LogP contribution in [0, 0.1) is 13.8 Å². The van der Waals surface area contributed by atoms with Gasteiger partial charge in [-0.25, -0.2) is 4.79 Å². The number of carbonyl (C=O) groups is 1. The summed E-state index contributed by atoms with van der Waals surface area (Å²) >= 11 is 4.53. The zero-order valence-electron chi connectivity index (χ0n) is 11.3. The van der Waals surface area contributed by atoms with Crippen LogP contribution in [0.4, 0.5) is 0 Å². The highest BCUT2D eigenvalue weighted by Crippen LogP contribution is 2.33. The topological polar surface area (TPSA) is 65.2 Å². The molecule has 1 aromatic heterocycles. The number of hydrogen-bond donors (Lipinski definition) is 1. The van der Waals surface area contributed by atoms with Gasteiger partial charge in [0, 0.05) is 16.9 Å². The Labute approximate surface area is 125 Å². The van der Waals surface area contributed by atoms with Crippen molar-refractivity contribution in [3.63, 3.8) is 0 Å². The molecule has 4 nitrogen and oxygen atoms in total. The Hall–Kier alpha value is -1.43. The first-order valence-corrected chi connectivity index (χ1v) is 7.44. The van der Waals surface area contributed by atoms with Gasteiger partial charge >= 0.3 is 5.97 Å². The Morgan fingerprint density at radius 3 is 2.55 bits per heavy atom. The lowest BCUT2D eigenvalue weighted by molar-refractivity contribution is 0.0596. The molecule has 0 amide bonds. The number of esters is 1. The average molecular weight is 312 g/mol. The summed E-state index contributed by atoms with van der Waals surface area (Å²) in [6.45, 7) is 3.51. The minimum Gasteiger partial charge on any atom is -0.606 e. The number of methoxy groups -OCH3 is 1. The molecule has 1 atom stereocenters. The average Bonchev–Trinajstić information content (AvgIpc) is 2.72. The van der Waals surface area contributed by atoms with Gasteiger partial charge in [-0.15, -0.1) is 0 Å². The molecule has 1 unspecified atom stereocenters. The van der Waals surface area contributed by atoms with Crippen LogP contribution in [0.1, 0.15) is 21.7 Å². The molecule has 0 aliphatic heterocycles.